The maximum atomic E-state index is 8.98. The zero-order chi connectivity index (χ0) is 14.3. The summed E-state index contributed by atoms with van der Waals surface area (Å²) in [6.45, 7) is 0. The molecule has 0 saturated carbocycles. The van der Waals surface area contributed by atoms with Crippen LogP contribution in [0.3, 0.4) is 0 Å². The van der Waals surface area contributed by atoms with Gasteiger partial charge in [-0.1, -0.05) is 29.3 Å². The number of anilines is 1. The number of halogens is 2. The largest absolute Gasteiger partial charge is 0.369 e. The van der Waals surface area contributed by atoms with Gasteiger partial charge in [-0.2, -0.15) is 5.26 Å². The summed E-state index contributed by atoms with van der Waals surface area (Å²) in [5, 5.41) is 9.83. The number of nitrogens with two attached hydrogens (primary N) is 1. The van der Waals surface area contributed by atoms with Gasteiger partial charge in [0.1, 0.15) is 0 Å². The summed E-state index contributed by atoms with van der Waals surface area (Å²) in [4.78, 5) is 4.26. The van der Waals surface area contributed by atoms with Crippen LogP contribution >= 0.6 is 23.2 Å². The molecule has 0 saturated heterocycles. The minimum atomic E-state index is 0.313. The van der Waals surface area contributed by atoms with E-state index in [4.69, 9.17) is 34.2 Å². The van der Waals surface area contributed by atoms with Crippen LogP contribution < -0.4 is 5.73 Å². The van der Waals surface area contributed by atoms with Crippen LogP contribution in [0.4, 0.5) is 5.95 Å². The van der Waals surface area contributed by atoms with Crippen molar-refractivity contribution < 1.29 is 0 Å². The van der Waals surface area contributed by atoms with Crippen LogP contribution in [0.2, 0.25) is 10.0 Å². The van der Waals surface area contributed by atoms with E-state index in [0.29, 0.717) is 27.1 Å². The van der Waals surface area contributed by atoms with Gasteiger partial charge in [-0.15, -0.1) is 0 Å². The summed E-state index contributed by atoms with van der Waals surface area (Å²) < 4.78 is 1.73. The highest BCUT2D eigenvalue weighted by molar-refractivity contribution is 6.42. The fourth-order valence-electron chi connectivity index (χ4n) is 2.08. The van der Waals surface area contributed by atoms with E-state index in [1.807, 2.05) is 6.07 Å². The lowest BCUT2D eigenvalue weighted by Gasteiger charge is -2.07. The van der Waals surface area contributed by atoms with Crippen LogP contribution in [-0.2, 0) is 0 Å². The van der Waals surface area contributed by atoms with Crippen molar-refractivity contribution >= 4 is 40.2 Å². The number of imidazole rings is 1. The summed E-state index contributed by atoms with van der Waals surface area (Å²) in [6.07, 6.45) is 0. The third-order valence-electron chi connectivity index (χ3n) is 2.96. The molecule has 0 atom stereocenters. The second-order valence-electron chi connectivity index (χ2n) is 4.22. The highest BCUT2D eigenvalue weighted by Gasteiger charge is 2.12. The van der Waals surface area contributed by atoms with Crippen molar-refractivity contribution in [3.8, 4) is 11.8 Å². The number of rotatable bonds is 1. The molecular formula is C14H8Cl2N4. The van der Waals surface area contributed by atoms with E-state index < -0.39 is 0 Å². The monoisotopic (exact) mass is 302 g/mol. The third kappa shape index (κ3) is 1.97. The van der Waals surface area contributed by atoms with Gasteiger partial charge in [-0.3, -0.25) is 4.57 Å². The number of hydrogen-bond acceptors (Lipinski definition) is 3. The molecule has 0 aliphatic carbocycles. The molecule has 3 aromatic rings. The van der Waals surface area contributed by atoms with E-state index in [2.05, 4.69) is 11.1 Å². The van der Waals surface area contributed by atoms with Gasteiger partial charge in [0.05, 0.1) is 38.4 Å². The van der Waals surface area contributed by atoms with Crippen LogP contribution in [0, 0.1) is 11.3 Å². The number of fused-ring (bicyclic) bond motifs is 1. The number of benzene rings is 2. The molecule has 3 rings (SSSR count). The molecule has 0 aliphatic heterocycles. The molecule has 2 N–H and O–H groups in total. The molecule has 1 aromatic heterocycles. The maximum Gasteiger partial charge on any atom is 0.205 e. The number of nitrogen functional groups attached to an aromatic ring is 1. The Bertz CT molecular complexity index is 861. The Balaban J connectivity index is 2.33. The van der Waals surface area contributed by atoms with Gasteiger partial charge in [-0.05, 0) is 30.3 Å². The number of aromatic nitrogens is 2. The molecule has 0 aliphatic rings. The van der Waals surface area contributed by atoms with Crippen molar-refractivity contribution in [1.29, 1.82) is 5.26 Å². The van der Waals surface area contributed by atoms with E-state index in [0.717, 1.165) is 11.2 Å². The zero-order valence-corrected chi connectivity index (χ0v) is 11.7. The molecule has 98 valence electrons. The molecule has 0 unspecified atom stereocenters. The molecule has 0 bridgehead atoms. The molecule has 0 amide bonds. The Kier molecular flexibility index (Phi) is 3.01. The fraction of sp³-hybridized carbons (Fsp3) is 0. The van der Waals surface area contributed by atoms with Crippen LogP contribution in [0.25, 0.3) is 16.7 Å². The molecule has 6 heteroatoms. The van der Waals surface area contributed by atoms with Gasteiger partial charge in [0.25, 0.3) is 0 Å². The van der Waals surface area contributed by atoms with Crippen molar-refractivity contribution in [2.45, 2.75) is 0 Å². The van der Waals surface area contributed by atoms with E-state index in [-0.39, 0.29) is 0 Å². The Hall–Kier alpha value is -2.22. The quantitative estimate of drug-likeness (QED) is 0.743. The standard InChI is InChI=1S/C14H8Cl2N4/c15-10-5-12-13(6-11(10)16)20(14(18)19-12)9-3-1-2-8(4-9)7-17/h1-6H,(H2,18,19). The lowest BCUT2D eigenvalue weighted by atomic mass is 10.2. The summed E-state index contributed by atoms with van der Waals surface area (Å²) in [7, 11) is 0. The summed E-state index contributed by atoms with van der Waals surface area (Å²) in [5.41, 5.74) is 8.65. The highest BCUT2D eigenvalue weighted by Crippen LogP contribution is 2.31. The van der Waals surface area contributed by atoms with Gasteiger partial charge in [0, 0.05) is 0 Å². The van der Waals surface area contributed by atoms with Crippen molar-refractivity contribution in [2.24, 2.45) is 0 Å². The van der Waals surface area contributed by atoms with Gasteiger partial charge >= 0.3 is 0 Å². The normalized spacial score (nSPS) is 10.7. The molecule has 0 spiro atoms. The second kappa shape index (κ2) is 4.71. The number of nitrogens with zero attached hydrogens (tertiary/aromatic N) is 3. The average Bonchev–Trinajstić information content (AvgIpc) is 2.74. The highest BCUT2D eigenvalue weighted by atomic mass is 35.5. The first-order chi connectivity index (χ1) is 9.60. The summed E-state index contributed by atoms with van der Waals surface area (Å²) in [6, 6.07) is 12.6. The molecule has 20 heavy (non-hydrogen) atoms. The first kappa shape index (κ1) is 12.8. The summed E-state index contributed by atoms with van der Waals surface area (Å²) >= 11 is 12.0. The van der Waals surface area contributed by atoms with E-state index in [9.17, 15) is 0 Å². The van der Waals surface area contributed by atoms with Crippen LogP contribution in [-0.4, -0.2) is 9.55 Å². The summed E-state index contributed by atoms with van der Waals surface area (Å²) in [5.74, 6) is 0.313. The van der Waals surface area contributed by atoms with E-state index >= 15 is 0 Å². The topological polar surface area (TPSA) is 67.6 Å². The van der Waals surface area contributed by atoms with E-state index in [1.54, 1.807) is 34.9 Å². The Morgan fingerprint density at radius 3 is 2.65 bits per heavy atom. The molecule has 4 nitrogen and oxygen atoms in total. The molecule has 2 aromatic carbocycles. The smallest absolute Gasteiger partial charge is 0.205 e. The number of hydrogen-bond donors (Lipinski definition) is 1. The fourth-order valence-corrected chi connectivity index (χ4v) is 2.39. The van der Waals surface area contributed by atoms with Crippen molar-refractivity contribution in [3.05, 3.63) is 52.0 Å². The molecule has 0 fully saturated rings. The second-order valence-corrected chi connectivity index (χ2v) is 5.04. The SMILES string of the molecule is N#Cc1cccc(-n2c(N)nc3cc(Cl)c(Cl)cc32)c1. The lowest BCUT2D eigenvalue weighted by molar-refractivity contribution is 1.11. The van der Waals surface area contributed by atoms with E-state index in [1.165, 1.54) is 0 Å². The lowest BCUT2D eigenvalue weighted by Crippen LogP contribution is -2.00. The predicted molar refractivity (Wildman–Crippen MR) is 80.2 cm³/mol. The average molecular weight is 303 g/mol. The first-order valence-corrected chi connectivity index (χ1v) is 6.49. The van der Waals surface area contributed by atoms with Crippen LogP contribution in [0.1, 0.15) is 5.56 Å². The van der Waals surface area contributed by atoms with Gasteiger partial charge < -0.3 is 5.73 Å². The van der Waals surface area contributed by atoms with Crippen LogP contribution in [0.5, 0.6) is 0 Å². The molecule has 0 radical (unpaired) electrons. The Morgan fingerprint density at radius 1 is 1.15 bits per heavy atom. The van der Waals surface area contributed by atoms with Crippen molar-refractivity contribution in [3.63, 3.8) is 0 Å². The van der Waals surface area contributed by atoms with Gasteiger partial charge in [0.15, 0.2) is 0 Å². The van der Waals surface area contributed by atoms with Gasteiger partial charge in [0.2, 0.25) is 5.95 Å². The predicted octanol–water partition coefficient (Wildman–Crippen LogP) is 3.79. The van der Waals surface area contributed by atoms with Crippen molar-refractivity contribution in [2.75, 3.05) is 5.73 Å². The Morgan fingerprint density at radius 2 is 1.90 bits per heavy atom. The number of nitriles is 1. The molecule has 1 heterocycles. The maximum absolute atomic E-state index is 8.98. The minimum absolute atomic E-state index is 0.313. The molecular weight excluding hydrogens is 295 g/mol. The minimum Gasteiger partial charge on any atom is -0.369 e. The third-order valence-corrected chi connectivity index (χ3v) is 3.68. The first-order valence-electron chi connectivity index (χ1n) is 5.73. The van der Waals surface area contributed by atoms with Gasteiger partial charge in [-0.25, -0.2) is 4.98 Å². The Labute approximate surface area is 125 Å². The van der Waals surface area contributed by atoms with Crippen molar-refractivity contribution in [1.82, 2.24) is 9.55 Å². The zero-order valence-electron chi connectivity index (χ0n) is 10.1. The van der Waals surface area contributed by atoms with Crippen LogP contribution in [0.15, 0.2) is 36.4 Å².